The fraction of sp³-hybridized carbons (Fsp3) is 0.357. The third-order valence-electron chi connectivity index (χ3n) is 3.06. The molecule has 2 aromatic rings. The van der Waals surface area contributed by atoms with Gasteiger partial charge in [0.1, 0.15) is 0 Å². The molecule has 1 aromatic carbocycles. The van der Waals surface area contributed by atoms with E-state index in [1.165, 1.54) is 0 Å². The van der Waals surface area contributed by atoms with Crippen LogP contribution < -0.4 is 5.69 Å². The largest absolute Gasteiger partial charge is 0.386 e. The Morgan fingerprint density at radius 1 is 1.17 bits per heavy atom. The maximum Gasteiger partial charge on any atom is 0.332 e. The number of rotatable bonds is 2. The first-order valence-corrected chi connectivity index (χ1v) is 5.89. The number of nitrogens with zero attached hydrogens (tertiary/aromatic N) is 2. The van der Waals surface area contributed by atoms with Crippen molar-refractivity contribution in [3.8, 4) is 5.69 Å². The fourth-order valence-electron chi connectivity index (χ4n) is 2.03. The molecule has 0 aliphatic rings. The van der Waals surface area contributed by atoms with Crippen LogP contribution >= 0.6 is 0 Å². The third kappa shape index (κ3) is 2.11. The molecule has 0 aliphatic carbocycles. The first kappa shape index (κ1) is 12.6. The van der Waals surface area contributed by atoms with Gasteiger partial charge in [0.15, 0.2) is 0 Å². The van der Waals surface area contributed by atoms with Gasteiger partial charge in [-0.05, 0) is 38.5 Å². The lowest BCUT2D eigenvalue weighted by molar-refractivity contribution is 0.0786. The van der Waals surface area contributed by atoms with Gasteiger partial charge in [0.25, 0.3) is 0 Å². The summed E-state index contributed by atoms with van der Waals surface area (Å²) >= 11 is 0. The van der Waals surface area contributed by atoms with Crippen molar-refractivity contribution in [2.24, 2.45) is 7.05 Å². The maximum absolute atomic E-state index is 11.9. The molecular formula is C14H18N2O2. The molecule has 0 amide bonds. The molecule has 0 radical (unpaired) electrons. The van der Waals surface area contributed by atoms with E-state index in [1.807, 2.05) is 31.2 Å². The SMILES string of the molecule is Cc1cn(C)c(=O)n1-c1ccc(C(C)(C)O)cc1. The second kappa shape index (κ2) is 4.14. The molecule has 1 aromatic heterocycles. The number of imidazole rings is 1. The van der Waals surface area contributed by atoms with Crippen molar-refractivity contribution in [2.45, 2.75) is 26.4 Å². The highest BCUT2D eigenvalue weighted by atomic mass is 16.3. The molecule has 0 saturated heterocycles. The molecule has 0 bridgehead atoms. The van der Waals surface area contributed by atoms with Gasteiger partial charge in [-0.3, -0.25) is 4.57 Å². The van der Waals surface area contributed by atoms with Gasteiger partial charge in [-0.2, -0.15) is 0 Å². The van der Waals surface area contributed by atoms with Crippen LogP contribution in [0.25, 0.3) is 5.69 Å². The summed E-state index contributed by atoms with van der Waals surface area (Å²) in [6, 6.07) is 7.38. The fourth-order valence-corrected chi connectivity index (χ4v) is 2.03. The Hall–Kier alpha value is -1.81. The predicted molar refractivity (Wildman–Crippen MR) is 71.0 cm³/mol. The molecule has 96 valence electrons. The van der Waals surface area contributed by atoms with Gasteiger partial charge in [-0.25, -0.2) is 4.79 Å². The average Bonchev–Trinajstić information content (AvgIpc) is 2.52. The van der Waals surface area contributed by atoms with Crippen LogP contribution in [-0.4, -0.2) is 14.2 Å². The van der Waals surface area contributed by atoms with E-state index >= 15 is 0 Å². The Morgan fingerprint density at radius 3 is 2.11 bits per heavy atom. The van der Waals surface area contributed by atoms with Crippen LogP contribution in [0.15, 0.2) is 35.3 Å². The molecule has 1 heterocycles. The summed E-state index contributed by atoms with van der Waals surface area (Å²) in [5.41, 5.74) is 1.59. The number of aliphatic hydroxyl groups is 1. The standard InChI is InChI=1S/C14H18N2O2/c1-10-9-15(4)13(17)16(10)12-7-5-11(6-8-12)14(2,3)18/h5-9,18H,1-4H3. The molecule has 0 saturated carbocycles. The number of benzene rings is 1. The number of hydrogen-bond acceptors (Lipinski definition) is 2. The Bertz CT molecular complexity index is 613. The van der Waals surface area contributed by atoms with Crippen LogP contribution in [0.1, 0.15) is 25.1 Å². The van der Waals surface area contributed by atoms with Crippen molar-refractivity contribution in [2.75, 3.05) is 0 Å². The van der Waals surface area contributed by atoms with Crippen LogP contribution in [0.4, 0.5) is 0 Å². The summed E-state index contributed by atoms with van der Waals surface area (Å²) in [6.45, 7) is 5.37. The molecular weight excluding hydrogens is 228 g/mol. The topological polar surface area (TPSA) is 47.2 Å². The molecule has 0 fully saturated rings. The molecule has 4 heteroatoms. The van der Waals surface area contributed by atoms with Gasteiger partial charge in [-0.1, -0.05) is 12.1 Å². The molecule has 1 N–H and O–H groups in total. The van der Waals surface area contributed by atoms with Crippen molar-refractivity contribution < 1.29 is 5.11 Å². The summed E-state index contributed by atoms with van der Waals surface area (Å²) in [5, 5.41) is 9.89. The maximum atomic E-state index is 11.9. The zero-order chi connectivity index (χ0) is 13.5. The van der Waals surface area contributed by atoms with Crippen LogP contribution in [0.2, 0.25) is 0 Å². The van der Waals surface area contributed by atoms with E-state index < -0.39 is 5.60 Å². The quantitative estimate of drug-likeness (QED) is 0.877. The van der Waals surface area contributed by atoms with Gasteiger partial charge in [0, 0.05) is 18.9 Å². The summed E-state index contributed by atoms with van der Waals surface area (Å²) in [4.78, 5) is 11.9. The smallest absolute Gasteiger partial charge is 0.332 e. The van der Waals surface area contributed by atoms with Crippen molar-refractivity contribution in [3.63, 3.8) is 0 Å². The lowest BCUT2D eigenvalue weighted by Gasteiger charge is -2.18. The zero-order valence-corrected chi connectivity index (χ0v) is 11.1. The van der Waals surface area contributed by atoms with E-state index in [0.29, 0.717) is 0 Å². The lowest BCUT2D eigenvalue weighted by atomic mass is 9.98. The van der Waals surface area contributed by atoms with Crippen LogP contribution in [0.5, 0.6) is 0 Å². The molecule has 2 rings (SSSR count). The normalized spacial score (nSPS) is 11.8. The lowest BCUT2D eigenvalue weighted by Crippen LogP contribution is -2.21. The second-order valence-corrected chi connectivity index (χ2v) is 5.11. The summed E-state index contributed by atoms with van der Waals surface area (Å²) in [7, 11) is 1.73. The Kier molecular flexibility index (Phi) is 2.91. The number of hydrogen-bond donors (Lipinski definition) is 1. The molecule has 0 aliphatic heterocycles. The van der Waals surface area contributed by atoms with Gasteiger partial charge >= 0.3 is 5.69 Å². The molecule has 0 atom stereocenters. The van der Waals surface area contributed by atoms with E-state index in [9.17, 15) is 9.90 Å². The molecule has 4 nitrogen and oxygen atoms in total. The highest BCUT2D eigenvalue weighted by Gasteiger charge is 2.16. The summed E-state index contributed by atoms with van der Waals surface area (Å²) in [6.07, 6.45) is 1.80. The zero-order valence-electron chi connectivity index (χ0n) is 11.1. The summed E-state index contributed by atoms with van der Waals surface area (Å²) < 4.78 is 3.20. The minimum atomic E-state index is -0.866. The number of aromatic nitrogens is 2. The van der Waals surface area contributed by atoms with E-state index in [1.54, 1.807) is 36.2 Å². The minimum Gasteiger partial charge on any atom is -0.386 e. The highest BCUT2D eigenvalue weighted by Crippen LogP contribution is 2.20. The second-order valence-electron chi connectivity index (χ2n) is 5.11. The van der Waals surface area contributed by atoms with E-state index in [-0.39, 0.29) is 5.69 Å². The third-order valence-corrected chi connectivity index (χ3v) is 3.06. The first-order valence-electron chi connectivity index (χ1n) is 5.89. The molecule has 0 spiro atoms. The Labute approximate surface area is 106 Å². The average molecular weight is 246 g/mol. The van der Waals surface area contributed by atoms with Gasteiger partial charge < -0.3 is 9.67 Å². The Balaban J connectivity index is 2.50. The first-order chi connectivity index (χ1) is 8.30. The van der Waals surface area contributed by atoms with E-state index in [4.69, 9.17) is 0 Å². The minimum absolute atomic E-state index is 0.0662. The highest BCUT2D eigenvalue weighted by molar-refractivity contribution is 5.37. The van der Waals surface area contributed by atoms with Gasteiger partial charge in [0.05, 0.1) is 11.3 Å². The summed E-state index contributed by atoms with van der Waals surface area (Å²) in [5.74, 6) is 0. The van der Waals surface area contributed by atoms with Crippen molar-refractivity contribution in [1.82, 2.24) is 9.13 Å². The van der Waals surface area contributed by atoms with Crippen LogP contribution in [0, 0.1) is 6.92 Å². The van der Waals surface area contributed by atoms with E-state index in [2.05, 4.69) is 0 Å². The molecule has 0 unspecified atom stereocenters. The van der Waals surface area contributed by atoms with E-state index in [0.717, 1.165) is 16.9 Å². The van der Waals surface area contributed by atoms with Gasteiger partial charge in [0.2, 0.25) is 0 Å². The Morgan fingerprint density at radius 2 is 1.72 bits per heavy atom. The van der Waals surface area contributed by atoms with Crippen LogP contribution in [0.3, 0.4) is 0 Å². The van der Waals surface area contributed by atoms with Crippen molar-refractivity contribution in [1.29, 1.82) is 0 Å². The monoisotopic (exact) mass is 246 g/mol. The van der Waals surface area contributed by atoms with Gasteiger partial charge in [-0.15, -0.1) is 0 Å². The van der Waals surface area contributed by atoms with Crippen molar-refractivity contribution >= 4 is 0 Å². The van der Waals surface area contributed by atoms with Crippen LogP contribution in [-0.2, 0) is 12.6 Å². The molecule has 18 heavy (non-hydrogen) atoms. The number of aryl methyl sites for hydroxylation is 2. The van der Waals surface area contributed by atoms with Crippen molar-refractivity contribution in [3.05, 3.63) is 52.2 Å². The predicted octanol–water partition coefficient (Wildman–Crippen LogP) is 1.71.